The third-order valence-corrected chi connectivity index (χ3v) is 7.40. The molecule has 0 fully saturated rings. The molecule has 3 rings (SSSR count). The van der Waals surface area contributed by atoms with Crippen LogP contribution in [-0.4, -0.2) is 28.0 Å². The lowest BCUT2D eigenvalue weighted by molar-refractivity contribution is -0.137. The minimum Gasteiger partial charge on any atom is -0.497 e. The van der Waals surface area contributed by atoms with Crippen LogP contribution in [0.25, 0.3) is 0 Å². The molecule has 0 unspecified atom stereocenters. The van der Waals surface area contributed by atoms with E-state index in [0.717, 1.165) is 22.0 Å². The quantitative estimate of drug-likeness (QED) is 0.438. The van der Waals surface area contributed by atoms with Gasteiger partial charge in [0.2, 0.25) is 5.91 Å². The van der Waals surface area contributed by atoms with Gasteiger partial charge >= 0.3 is 6.18 Å². The minimum absolute atomic E-state index is 0.130. The van der Waals surface area contributed by atoms with Crippen molar-refractivity contribution in [2.24, 2.45) is 0 Å². The lowest BCUT2D eigenvalue weighted by Crippen LogP contribution is -2.41. The Bertz CT molecular complexity index is 1300. The molecule has 0 bridgehead atoms. The molecule has 0 radical (unpaired) electrons. The van der Waals surface area contributed by atoms with E-state index in [1.165, 1.54) is 19.2 Å². The zero-order chi connectivity index (χ0) is 25.8. The van der Waals surface area contributed by atoms with E-state index in [1.807, 2.05) is 0 Å². The predicted molar refractivity (Wildman–Crippen MR) is 127 cm³/mol. The molecule has 1 amide bonds. The second kappa shape index (κ2) is 10.6. The number of anilines is 1. The molecule has 0 heterocycles. The summed E-state index contributed by atoms with van der Waals surface area (Å²) in [4.78, 5) is 12.4. The fraction of sp³-hybridized carbons (Fsp3) is 0.208. The highest BCUT2D eigenvalue weighted by Gasteiger charge is 2.32. The number of halogens is 4. The van der Waals surface area contributed by atoms with Crippen LogP contribution in [0.5, 0.6) is 5.75 Å². The summed E-state index contributed by atoms with van der Waals surface area (Å²) < 4.78 is 71.6. The summed E-state index contributed by atoms with van der Waals surface area (Å²) in [7, 11) is -2.88. The summed E-state index contributed by atoms with van der Waals surface area (Å²) in [6.07, 6.45) is -4.62. The summed E-state index contributed by atoms with van der Waals surface area (Å²) in [6, 6.07) is 14.6. The second-order valence-corrected chi connectivity index (χ2v) is 9.81. The molecule has 0 aliphatic heterocycles. The Morgan fingerprint density at radius 1 is 1.03 bits per heavy atom. The van der Waals surface area contributed by atoms with Crippen LogP contribution in [0.2, 0.25) is 5.02 Å². The number of sulfonamides is 1. The van der Waals surface area contributed by atoms with Gasteiger partial charge in [0.05, 0.1) is 23.3 Å². The fourth-order valence-corrected chi connectivity index (χ4v) is 4.89. The maximum atomic E-state index is 13.4. The Hall–Kier alpha value is -3.24. The first kappa shape index (κ1) is 26.4. The highest BCUT2D eigenvalue weighted by atomic mass is 35.5. The van der Waals surface area contributed by atoms with Crippen LogP contribution in [0.15, 0.2) is 71.6 Å². The van der Waals surface area contributed by atoms with Gasteiger partial charge in [0, 0.05) is 11.6 Å². The smallest absolute Gasteiger partial charge is 0.416 e. The van der Waals surface area contributed by atoms with Crippen molar-refractivity contribution in [3.05, 3.63) is 88.4 Å². The van der Waals surface area contributed by atoms with E-state index >= 15 is 0 Å². The Balaban J connectivity index is 1.90. The molecule has 35 heavy (non-hydrogen) atoms. The number of methoxy groups -OCH3 is 1. The average Bonchev–Trinajstić information content (AvgIpc) is 2.83. The lowest BCUT2D eigenvalue weighted by atomic mass is 10.2. The first-order valence-electron chi connectivity index (χ1n) is 10.3. The van der Waals surface area contributed by atoms with Crippen LogP contribution < -0.4 is 14.4 Å². The van der Waals surface area contributed by atoms with E-state index in [4.69, 9.17) is 16.3 Å². The largest absolute Gasteiger partial charge is 0.497 e. The minimum atomic E-state index is -4.62. The molecule has 3 aromatic carbocycles. The van der Waals surface area contributed by atoms with E-state index < -0.39 is 39.1 Å². The normalized spacial score (nSPS) is 11.7. The van der Waals surface area contributed by atoms with E-state index in [-0.39, 0.29) is 17.3 Å². The van der Waals surface area contributed by atoms with Crippen LogP contribution >= 0.6 is 11.6 Å². The molecule has 0 aliphatic carbocycles. The van der Waals surface area contributed by atoms with E-state index in [2.05, 4.69) is 5.32 Å². The summed E-state index contributed by atoms with van der Waals surface area (Å²) in [5.74, 6) is 0.0287. The summed E-state index contributed by atoms with van der Waals surface area (Å²) in [6.45, 7) is 1.11. The number of carbonyl (C=O) groups excluding carboxylic acids is 1. The number of nitrogens with one attached hydrogen (secondary N) is 1. The average molecular weight is 527 g/mol. The van der Waals surface area contributed by atoms with Gasteiger partial charge in [-0.15, -0.1) is 0 Å². The molecule has 0 saturated heterocycles. The molecule has 0 aromatic heterocycles. The van der Waals surface area contributed by atoms with Crippen molar-refractivity contribution in [2.75, 3.05) is 18.0 Å². The van der Waals surface area contributed by atoms with Gasteiger partial charge in [0.25, 0.3) is 10.0 Å². The lowest BCUT2D eigenvalue weighted by Gasteiger charge is -2.26. The summed E-state index contributed by atoms with van der Waals surface area (Å²) in [5, 5.41) is 2.93. The maximum Gasteiger partial charge on any atom is 0.416 e. The molecule has 3 aromatic rings. The number of nitrogens with zero attached hydrogens (tertiary/aromatic N) is 1. The standard InChI is InChI=1S/C24H22ClF3N2O4S/c1-16-21(25)4-3-5-22(16)30(15-23(31)29-14-17-6-10-19(34-2)11-7-17)35(32,33)20-12-8-18(9-13-20)24(26,27)28/h3-13H,14-15H2,1-2H3,(H,29,31). The van der Waals surface area contributed by atoms with Crippen molar-refractivity contribution < 1.29 is 31.1 Å². The number of hydrogen-bond donors (Lipinski definition) is 1. The zero-order valence-corrected chi connectivity index (χ0v) is 20.3. The first-order valence-corrected chi connectivity index (χ1v) is 12.1. The van der Waals surface area contributed by atoms with Gasteiger partial charge in [-0.1, -0.05) is 29.8 Å². The number of alkyl halides is 3. The molecule has 6 nitrogen and oxygen atoms in total. The van der Waals surface area contributed by atoms with Crippen molar-refractivity contribution in [1.29, 1.82) is 0 Å². The van der Waals surface area contributed by atoms with Crippen LogP contribution in [0.3, 0.4) is 0 Å². The number of ether oxygens (including phenoxy) is 1. The highest BCUT2D eigenvalue weighted by molar-refractivity contribution is 7.92. The maximum absolute atomic E-state index is 13.4. The first-order chi connectivity index (χ1) is 16.4. The van der Waals surface area contributed by atoms with Crippen molar-refractivity contribution >= 4 is 33.2 Å². The Kier molecular flexibility index (Phi) is 7.97. The molecule has 11 heteroatoms. The van der Waals surface area contributed by atoms with Gasteiger partial charge in [0.15, 0.2) is 0 Å². The highest BCUT2D eigenvalue weighted by Crippen LogP contribution is 2.33. The molecule has 0 spiro atoms. The predicted octanol–water partition coefficient (Wildman–Crippen LogP) is 5.19. The molecule has 1 N–H and O–H groups in total. The van der Waals surface area contributed by atoms with Crippen molar-refractivity contribution in [2.45, 2.75) is 24.5 Å². The third kappa shape index (κ3) is 6.26. The number of carbonyl (C=O) groups is 1. The second-order valence-electron chi connectivity index (χ2n) is 7.54. The topological polar surface area (TPSA) is 75.7 Å². The Labute approximate surface area is 206 Å². The van der Waals surface area contributed by atoms with Crippen molar-refractivity contribution in [3.63, 3.8) is 0 Å². The molecular weight excluding hydrogens is 505 g/mol. The number of amides is 1. The van der Waals surface area contributed by atoms with E-state index in [0.29, 0.717) is 23.4 Å². The summed E-state index contributed by atoms with van der Waals surface area (Å²) in [5.41, 5.74) is 0.305. The third-order valence-electron chi connectivity index (χ3n) is 5.21. The van der Waals surface area contributed by atoms with Gasteiger partial charge in [-0.05, 0) is 66.6 Å². The van der Waals surface area contributed by atoms with Gasteiger partial charge in [-0.2, -0.15) is 13.2 Å². The van der Waals surface area contributed by atoms with Gasteiger partial charge in [-0.3, -0.25) is 9.10 Å². The van der Waals surface area contributed by atoms with Crippen LogP contribution in [0.4, 0.5) is 18.9 Å². The fourth-order valence-electron chi connectivity index (χ4n) is 3.24. The van der Waals surface area contributed by atoms with Gasteiger partial charge in [-0.25, -0.2) is 8.42 Å². The van der Waals surface area contributed by atoms with Crippen molar-refractivity contribution in [3.8, 4) is 5.75 Å². The molecule has 186 valence electrons. The summed E-state index contributed by atoms with van der Waals surface area (Å²) >= 11 is 6.17. The molecule has 0 atom stereocenters. The van der Waals surface area contributed by atoms with Gasteiger partial charge < -0.3 is 10.1 Å². The number of benzene rings is 3. The van der Waals surface area contributed by atoms with Crippen LogP contribution in [0.1, 0.15) is 16.7 Å². The van der Waals surface area contributed by atoms with Crippen LogP contribution in [-0.2, 0) is 27.5 Å². The Morgan fingerprint density at radius 2 is 1.66 bits per heavy atom. The van der Waals surface area contributed by atoms with E-state index in [1.54, 1.807) is 37.3 Å². The molecular formula is C24H22ClF3N2O4S. The molecule has 0 saturated carbocycles. The SMILES string of the molecule is COc1ccc(CNC(=O)CN(c2cccc(Cl)c2C)S(=O)(=O)c2ccc(C(F)(F)F)cc2)cc1. The van der Waals surface area contributed by atoms with E-state index in [9.17, 15) is 26.4 Å². The zero-order valence-electron chi connectivity index (χ0n) is 18.8. The van der Waals surface area contributed by atoms with Crippen LogP contribution in [0, 0.1) is 6.92 Å². The van der Waals surface area contributed by atoms with Gasteiger partial charge in [0.1, 0.15) is 12.3 Å². The monoisotopic (exact) mass is 526 g/mol. The number of hydrogen-bond acceptors (Lipinski definition) is 4. The van der Waals surface area contributed by atoms with Crippen molar-refractivity contribution in [1.82, 2.24) is 5.32 Å². The Morgan fingerprint density at radius 3 is 2.23 bits per heavy atom. The number of rotatable bonds is 8. The molecule has 0 aliphatic rings.